The summed E-state index contributed by atoms with van der Waals surface area (Å²) >= 11 is 7.28. The van der Waals surface area contributed by atoms with Crippen molar-refractivity contribution in [3.05, 3.63) is 10.5 Å². The van der Waals surface area contributed by atoms with Gasteiger partial charge < -0.3 is 10.6 Å². The number of nitrogens with zero attached hydrogens (tertiary/aromatic N) is 1. The molecule has 72 valence electrons. The van der Waals surface area contributed by atoms with Crippen LogP contribution < -0.4 is 10.6 Å². The third kappa shape index (κ3) is 2.56. The predicted octanol–water partition coefficient (Wildman–Crippen LogP) is 1.96. The zero-order valence-corrected chi connectivity index (χ0v) is 8.79. The number of hydrogen-bond acceptors (Lipinski definition) is 4. The molecule has 1 aromatic rings. The topological polar surface area (TPSA) is 37.0 Å². The van der Waals surface area contributed by atoms with Gasteiger partial charge in [0.25, 0.3) is 0 Å². The SMILES string of the molecule is Clc1csc(NC2CCCNC2)n1. The van der Waals surface area contributed by atoms with Crippen LogP contribution in [0.15, 0.2) is 5.38 Å². The van der Waals surface area contributed by atoms with Crippen molar-refractivity contribution in [1.82, 2.24) is 10.3 Å². The van der Waals surface area contributed by atoms with Gasteiger partial charge in [-0.05, 0) is 19.4 Å². The van der Waals surface area contributed by atoms with Crippen molar-refractivity contribution in [1.29, 1.82) is 0 Å². The van der Waals surface area contributed by atoms with Gasteiger partial charge in [0.05, 0.1) is 0 Å². The van der Waals surface area contributed by atoms with Crippen LogP contribution in [-0.2, 0) is 0 Å². The fourth-order valence-electron chi connectivity index (χ4n) is 1.47. The van der Waals surface area contributed by atoms with Crippen molar-refractivity contribution in [2.45, 2.75) is 18.9 Å². The van der Waals surface area contributed by atoms with Crippen molar-refractivity contribution < 1.29 is 0 Å². The molecular weight excluding hydrogens is 206 g/mol. The molecule has 1 saturated heterocycles. The number of aromatic nitrogens is 1. The molecule has 5 heteroatoms. The van der Waals surface area contributed by atoms with E-state index in [4.69, 9.17) is 11.6 Å². The maximum absolute atomic E-state index is 5.72. The highest BCUT2D eigenvalue weighted by Gasteiger charge is 2.13. The zero-order chi connectivity index (χ0) is 9.10. The summed E-state index contributed by atoms with van der Waals surface area (Å²) in [6, 6.07) is 0.510. The summed E-state index contributed by atoms with van der Waals surface area (Å²) in [6.45, 7) is 2.16. The summed E-state index contributed by atoms with van der Waals surface area (Å²) in [5.41, 5.74) is 0. The van der Waals surface area contributed by atoms with E-state index in [0.717, 1.165) is 18.2 Å². The number of halogens is 1. The van der Waals surface area contributed by atoms with Crippen LogP contribution in [0.3, 0.4) is 0 Å². The van der Waals surface area contributed by atoms with Crippen molar-refractivity contribution >= 4 is 28.1 Å². The minimum atomic E-state index is 0.510. The minimum absolute atomic E-state index is 0.510. The first-order valence-corrected chi connectivity index (χ1v) is 5.68. The highest BCUT2D eigenvalue weighted by molar-refractivity contribution is 7.14. The Balaban J connectivity index is 1.89. The van der Waals surface area contributed by atoms with Crippen molar-refractivity contribution in [2.24, 2.45) is 0 Å². The molecule has 2 heterocycles. The smallest absolute Gasteiger partial charge is 0.184 e. The van der Waals surface area contributed by atoms with E-state index in [2.05, 4.69) is 15.6 Å². The first-order chi connectivity index (χ1) is 6.34. The lowest BCUT2D eigenvalue weighted by Gasteiger charge is -2.23. The second-order valence-corrected chi connectivity index (χ2v) is 4.41. The van der Waals surface area contributed by atoms with Gasteiger partial charge in [0.2, 0.25) is 0 Å². The summed E-state index contributed by atoms with van der Waals surface area (Å²) in [5, 5.41) is 10.1. The molecule has 1 aliphatic heterocycles. The average molecular weight is 218 g/mol. The van der Waals surface area contributed by atoms with Crippen molar-refractivity contribution in [3.63, 3.8) is 0 Å². The molecule has 2 N–H and O–H groups in total. The third-order valence-electron chi connectivity index (χ3n) is 2.10. The number of rotatable bonds is 2. The van der Waals surface area contributed by atoms with E-state index in [0.29, 0.717) is 11.2 Å². The van der Waals surface area contributed by atoms with E-state index in [9.17, 15) is 0 Å². The quantitative estimate of drug-likeness (QED) is 0.796. The van der Waals surface area contributed by atoms with Crippen LogP contribution in [0.5, 0.6) is 0 Å². The minimum Gasteiger partial charge on any atom is -0.357 e. The van der Waals surface area contributed by atoms with E-state index in [1.165, 1.54) is 12.8 Å². The van der Waals surface area contributed by atoms with Gasteiger partial charge in [-0.15, -0.1) is 11.3 Å². The van der Waals surface area contributed by atoms with E-state index in [-0.39, 0.29) is 0 Å². The Hall–Kier alpha value is -0.320. The van der Waals surface area contributed by atoms with Gasteiger partial charge in [0, 0.05) is 18.0 Å². The average Bonchev–Trinajstić information content (AvgIpc) is 2.53. The standard InChI is InChI=1S/C8H12ClN3S/c9-7-5-13-8(12-7)11-6-2-1-3-10-4-6/h5-6,10H,1-4H2,(H,11,12). The first-order valence-electron chi connectivity index (χ1n) is 4.43. The lowest BCUT2D eigenvalue weighted by molar-refractivity contribution is 0.480. The molecule has 0 radical (unpaired) electrons. The number of hydrogen-bond donors (Lipinski definition) is 2. The fourth-order valence-corrected chi connectivity index (χ4v) is 2.39. The summed E-state index contributed by atoms with van der Waals surface area (Å²) < 4.78 is 0. The van der Waals surface area contributed by atoms with Gasteiger partial charge >= 0.3 is 0 Å². The molecular formula is C8H12ClN3S. The van der Waals surface area contributed by atoms with Crippen LogP contribution in [0, 0.1) is 0 Å². The van der Waals surface area contributed by atoms with E-state index in [1.807, 2.05) is 5.38 Å². The van der Waals surface area contributed by atoms with E-state index < -0.39 is 0 Å². The van der Waals surface area contributed by atoms with Gasteiger partial charge in [0.15, 0.2) is 5.13 Å². The molecule has 13 heavy (non-hydrogen) atoms. The highest BCUT2D eigenvalue weighted by atomic mass is 35.5. The molecule has 0 amide bonds. The summed E-state index contributed by atoms with van der Waals surface area (Å²) in [4.78, 5) is 4.15. The van der Waals surface area contributed by atoms with Crippen molar-refractivity contribution in [3.8, 4) is 0 Å². The highest BCUT2D eigenvalue weighted by Crippen LogP contribution is 2.20. The molecule has 3 nitrogen and oxygen atoms in total. The van der Waals surface area contributed by atoms with Crippen molar-refractivity contribution in [2.75, 3.05) is 18.4 Å². The van der Waals surface area contributed by atoms with Crippen LogP contribution in [0.4, 0.5) is 5.13 Å². The maximum Gasteiger partial charge on any atom is 0.184 e. The van der Waals surface area contributed by atoms with Crippen LogP contribution in [0.2, 0.25) is 5.15 Å². The van der Waals surface area contributed by atoms with Gasteiger partial charge in [-0.25, -0.2) is 4.98 Å². The molecule has 1 unspecified atom stereocenters. The Bertz CT molecular complexity index is 270. The third-order valence-corrected chi connectivity index (χ3v) is 3.20. The van der Waals surface area contributed by atoms with Crippen LogP contribution in [0.25, 0.3) is 0 Å². The number of nitrogens with one attached hydrogen (secondary N) is 2. The van der Waals surface area contributed by atoms with E-state index >= 15 is 0 Å². The molecule has 1 atom stereocenters. The Morgan fingerprint density at radius 2 is 2.62 bits per heavy atom. The van der Waals surface area contributed by atoms with Gasteiger partial charge in [-0.1, -0.05) is 11.6 Å². The maximum atomic E-state index is 5.72. The molecule has 0 aromatic carbocycles. The molecule has 0 bridgehead atoms. The Kier molecular flexibility index (Phi) is 3.03. The predicted molar refractivity (Wildman–Crippen MR) is 56.6 cm³/mol. The van der Waals surface area contributed by atoms with Crippen LogP contribution in [0.1, 0.15) is 12.8 Å². The van der Waals surface area contributed by atoms with Gasteiger partial charge in [-0.3, -0.25) is 0 Å². The lowest BCUT2D eigenvalue weighted by atomic mass is 10.1. The largest absolute Gasteiger partial charge is 0.357 e. The monoisotopic (exact) mass is 217 g/mol. The molecule has 1 fully saturated rings. The van der Waals surface area contributed by atoms with Crippen LogP contribution >= 0.6 is 22.9 Å². The summed E-state index contributed by atoms with van der Waals surface area (Å²) in [5.74, 6) is 0. The molecule has 1 aromatic heterocycles. The number of anilines is 1. The zero-order valence-electron chi connectivity index (χ0n) is 7.22. The second-order valence-electron chi connectivity index (χ2n) is 3.16. The molecule has 0 saturated carbocycles. The second kappa shape index (κ2) is 4.26. The van der Waals surface area contributed by atoms with Gasteiger partial charge in [-0.2, -0.15) is 0 Å². The lowest BCUT2D eigenvalue weighted by Crippen LogP contribution is -2.38. The van der Waals surface area contributed by atoms with Crippen LogP contribution in [-0.4, -0.2) is 24.1 Å². The first kappa shape index (κ1) is 9.24. The normalized spacial score (nSPS) is 23.0. The Labute approximate surface area is 86.5 Å². The summed E-state index contributed by atoms with van der Waals surface area (Å²) in [7, 11) is 0. The van der Waals surface area contributed by atoms with E-state index in [1.54, 1.807) is 11.3 Å². The molecule has 2 rings (SSSR count). The fraction of sp³-hybridized carbons (Fsp3) is 0.625. The Morgan fingerprint density at radius 3 is 3.23 bits per heavy atom. The number of thiazole rings is 1. The Morgan fingerprint density at radius 1 is 1.69 bits per heavy atom. The molecule has 0 aliphatic carbocycles. The number of piperidine rings is 1. The van der Waals surface area contributed by atoms with Gasteiger partial charge in [0.1, 0.15) is 5.15 Å². The summed E-state index contributed by atoms with van der Waals surface area (Å²) in [6.07, 6.45) is 2.45. The molecule has 1 aliphatic rings. The molecule has 0 spiro atoms.